The number of rotatable bonds is 38. The van der Waals surface area contributed by atoms with E-state index in [2.05, 4.69) is 28.1 Å². The smallest absolute Gasteiger partial charge is 0.381 e. The van der Waals surface area contributed by atoms with Gasteiger partial charge in [-0.05, 0) is 25.7 Å². The summed E-state index contributed by atoms with van der Waals surface area (Å²) in [6, 6.07) is 0. The Kier molecular flexibility index (Phi) is 33.1. The zero-order chi connectivity index (χ0) is 34.9. The van der Waals surface area contributed by atoms with Gasteiger partial charge < -0.3 is 23.6 Å². The Morgan fingerprint density at radius 2 is 0.957 bits per heavy atom. The van der Waals surface area contributed by atoms with Crippen molar-refractivity contribution in [3.8, 4) is 0 Å². The van der Waals surface area contributed by atoms with Crippen molar-refractivity contribution in [1.82, 2.24) is 0 Å². The topological polar surface area (TPSA) is 83.5 Å². The van der Waals surface area contributed by atoms with E-state index < -0.39 is 14.1 Å². The minimum absolute atomic E-state index is 0.0596. The van der Waals surface area contributed by atoms with Crippen LogP contribution in [0.25, 0.3) is 0 Å². The Hall–Kier alpha value is -0.0500. The van der Waals surface area contributed by atoms with Crippen molar-refractivity contribution in [2.75, 3.05) is 68.3 Å². The molecule has 284 valence electrons. The predicted molar refractivity (Wildman–Crippen MR) is 198 cm³/mol. The number of ether oxygens (including phenoxy) is 3. The van der Waals surface area contributed by atoms with E-state index in [4.69, 9.17) is 23.3 Å². The van der Waals surface area contributed by atoms with Gasteiger partial charge in [-0.3, -0.25) is 9.05 Å². The lowest BCUT2D eigenvalue weighted by molar-refractivity contribution is -0.870. The Morgan fingerprint density at radius 1 is 0.553 bits per heavy atom. The van der Waals surface area contributed by atoms with Crippen molar-refractivity contribution in [1.29, 1.82) is 0 Å². The molecular weight excluding hydrogens is 613 g/mol. The molecule has 0 saturated carbocycles. The molecule has 0 bridgehead atoms. The number of unbranched alkanes of at least 4 members (excludes halogenated alkanes) is 22. The minimum Gasteiger partial charge on any atom is -0.381 e. The number of hydrogen-bond donors (Lipinski definition) is 1. The number of methoxy groups -OCH3 is 2. The summed E-state index contributed by atoms with van der Waals surface area (Å²) in [7, 11) is 5.80. The van der Waals surface area contributed by atoms with E-state index in [0.29, 0.717) is 19.6 Å². The van der Waals surface area contributed by atoms with Gasteiger partial charge in [0.1, 0.15) is 0 Å². The van der Waals surface area contributed by atoms with Gasteiger partial charge in [0.15, 0.2) is 6.29 Å². The molecule has 0 aliphatic carbocycles. The number of nitrogens with zero attached hydrogens (tertiary/aromatic N) is 1. The fourth-order valence-corrected chi connectivity index (χ4v) is 6.75. The third kappa shape index (κ3) is 35.6. The number of quaternary nitrogens is 1. The number of phosphoric ester groups is 1. The van der Waals surface area contributed by atoms with Crippen LogP contribution in [0, 0.1) is 5.92 Å². The lowest BCUT2D eigenvalue weighted by atomic mass is 10.0. The zero-order valence-electron chi connectivity index (χ0n) is 32.2. The molecule has 0 amide bonds. The second kappa shape index (κ2) is 33.1. The molecule has 0 aromatic carbocycles. The van der Waals surface area contributed by atoms with E-state index in [1.54, 1.807) is 14.2 Å². The molecule has 0 aliphatic rings. The average Bonchev–Trinajstić information content (AvgIpc) is 3.03. The van der Waals surface area contributed by atoms with Gasteiger partial charge in [0, 0.05) is 33.2 Å². The Balaban J connectivity index is 3.92. The summed E-state index contributed by atoms with van der Waals surface area (Å²) in [5.41, 5.74) is 0. The van der Waals surface area contributed by atoms with Gasteiger partial charge in [0.25, 0.3) is 0 Å². The van der Waals surface area contributed by atoms with E-state index in [0.717, 1.165) is 30.2 Å². The van der Waals surface area contributed by atoms with Crippen LogP contribution in [-0.2, 0) is 27.8 Å². The molecule has 47 heavy (non-hydrogen) atoms. The van der Waals surface area contributed by atoms with E-state index in [1.165, 1.54) is 135 Å². The molecule has 0 saturated heterocycles. The summed E-state index contributed by atoms with van der Waals surface area (Å²) in [4.78, 5) is 10.2. The largest absolute Gasteiger partial charge is 0.472 e. The molecule has 2 unspecified atom stereocenters. The highest BCUT2D eigenvalue weighted by molar-refractivity contribution is 7.47. The van der Waals surface area contributed by atoms with Gasteiger partial charge in [-0.15, -0.1) is 0 Å². The van der Waals surface area contributed by atoms with Crippen molar-refractivity contribution >= 4 is 7.82 Å². The molecule has 1 N–H and O–H groups in total. The Bertz CT molecular complexity index is 687. The minimum atomic E-state index is -4.11. The van der Waals surface area contributed by atoms with Gasteiger partial charge in [-0.25, -0.2) is 4.57 Å². The molecule has 0 rings (SSSR count). The lowest BCUT2D eigenvalue weighted by Crippen LogP contribution is -2.35. The molecule has 0 fully saturated rings. The van der Waals surface area contributed by atoms with E-state index in [1.807, 2.05) is 0 Å². The first kappa shape index (κ1) is 47.0. The molecule has 0 radical (unpaired) electrons. The monoisotopic (exact) mass is 695 g/mol. The molecule has 0 spiro atoms. The number of phosphoric acid groups is 1. The number of hydrogen-bond acceptors (Lipinski definition) is 6. The van der Waals surface area contributed by atoms with Crippen LogP contribution in [0.4, 0.5) is 0 Å². The maximum Gasteiger partial charge on any atom is 0.472 e. The highest BCUT2D eigenvalue weighted by Gasteiger charge is 2.25. The quantitative estimate of drug-likeness (QED) is 0.0298. The molecular formula is C38H81NO7P+. The van der Waals surface area contributed by atoms with E-state index in [9.17, 15) is 9.46 Å². The second-order valence-corrected chi connectivity index (χ2v) is 16.3. The van der Waals surface area contributed by atoms with Crippen molar-refractivity contribution in [2.45, 2.75) is 174 Å². The van der Waals surface area contributed by atoms with Crippen LogP contribution in [0.2, 0.25) is 0 Å². The zero-order valence-corrected chi connectivity index (χ0v) is 33.1. The van der Waals surface area contributed by atoms with Gasteiger partial charge in [0.05, 0.1) is 47.5 Å². The van der Waals surface area contributed by atoms with E-state index >= 15 is 0 Å². The standard InChI is InChI=1S/C38H80NO7P/c1-7-8-9-10-11-12-13-14-15-16-17-18-20-23-26-29-32-44-35-37(34-38(42-5)43-6)36-46-47(40,41)45-33-30-27-24-21-19-22-25-28-31-39(2,3)4/h37-38H,7-36H2,1-6H3/p+1. The molecule has 9 heteroatoms. The first-order valence-electron chi connectivity index (χ1n) is 19.7. The predicted octanol–water partition coefficient (Wildman–Crippen LogP) is 10.9. The fraction of sp³-hybridized carbons (Fsp3) is 1.00. The maximum absolute atomic E-state index is 12.5. The average molecular weight is 695 g/mol. The molecule has 0 aromatic rings. The van der Waals surface area contributed by atoms with Crippen molar-refractivity contribution in [3.63, 3.8) is 0 Å². The highest BCUT2D eigenvalue weighted by atomic mass is 31.2. The molecule has 2 atom stereocenters. The SMILES string of the molecule is CCCCCCCCCCCCCCCCCCOCC(COP(=O)(O)OCCCCCCCCCC[N+](C)(C)C)CC(OC)OC. The van der Waals surface area contributed by atoms with Crippen LogP contribution >= 0.6 is 7.82 Å². The maximum atomic E-state index is 12.5. The highest BCUT2D eigenvalue weighted by Crippen LogP contribution is 2.44. The van der Waals surface area contributed by atoms with Crippen LogP contribution in [0.3, 0.4) is 0 Å². The molecule has 0 heterocycles. The Labute approximate surface area is 292 Å². The van der Waals surface area contributed by atoms with Gasteiger partial charge in [-0.1, -0.05) is 135 Å². The van der Waals surface area contributed by atoms with Crippen molar-refractivity contribution in [3.05, 3.63) is 0 Å². The Morgan fingerprint density at radius 3 is 1.38 bits per heavy atom. The third-order valence-corrected chi connectivity index (χ3v) is 9.98. The lowest BCUT2D eigenvalue weighted by Gasteiger charge is -2.23. The van der Waals surface area contributed by atoms with Crippen LogP contribution < -0.4 is 0 Å². The summed E-state index contributed by atoms with van der Waals surface area (Å²) in [5, 5.41) is 0. The first-order valence-corrected chi connectivity index (χ1v) is 21.2. The first-order chi connectivity index (χ1) is 22.6. The van der Waals surface area contributed by atoms with Crippen LogP contribution in [0.15, 0.2) is 0 Å². The van der Waals surface area contributed by atoms with Gasteiger partial charge >= 0.3 is 7.82 Å². The fourth-order valence-electron chi connectivity index (χ4n) is 5.91. The molecule has 8 nitrogen and oxygen atoms in total. The van der Waals surface area contributed by atoms with Crippen LogP contribution in [-0.4, -0.2) is 84.0 Å². The van der Waals surface area contributed by atoms with Crippen LogP contribution in [0.1, 0.15) is 167 Å². The van der Waals surface area contributed by atoms with Crippen molar-refractivity contribution < 1.29 is 37.2 Å². The summed E-state index contributed by atoms with van der Waals surface area (Å²) in [6.45, 7) is 4.91. The molecule has 0 aliphatic heterocycles. The second-order valence-electron chi connectivity index (χ2n) is 14.8. The van der Waals surface area contributed by atoms with Crippen molar-refractivity contribution in [2.24, 2.45) is 5.92 Å². The summed E-state index contributed by atoms with van der Waals surface area (Å²) in [5.74, 6) is -0.132. The van der Waals surface area contributed by atoms with Gasteiger partial charge in [-0.2, -0.15) is 0 Å². The van der Waals surface area contributed by atoms with E-state index in [-0.39, 0.29) is 19.1 Å². The van der Waals surface area contributed by atoms with Gasteiger partial charge in [0.2, 0.25) is 0 Å². The summed E-state index contributed by atoms with van der Waals surface area (Å²) < 4.78 is 40.8. The summed E-state index contributed by atoms with van der Waals surface area (Å²) >= 11 is 0. The third-order valence-electron chi connectivity index (χ3n) is 9.00. The normalized spacial score (nSPS) is 14.2. The summed E-state index contributed by atoms with van der Waals surface area (Å²) in [6.07, 6.45) is 30.8. The van der Waals surface area contributed by atoms with Crippen LogP contribution in [0.5, 0.6) is 0 Å². The molecule has 0 aromatic heterocycles.